The summed E-state index contributed by atoms with van der Waals surface area (Å²) in [6, 6.07) is 21.6. The topological polar surface area (TPSA) is 61.4 Å². The van der Waals surface area contributed by atoms with Gasteiger partial charge in [-0.15, -0.1) is 10.2 Å². The van der Waals surface area contributed by atoms with Crippen molar-refractivity contribution in [3.8, 4) is 0 Å². The van der Waals surface area contributed by atoms with Crippen molar-refractivity contribution in [3.63, 3.8) is 0 Å². The average molecular weight is 476 g/mol. The maximum Gasteiger partial charge on any atom is 0.240 e. The van der Waals surface area contributed by atoms with Crippen LogP contribution in [0.2, 0.25) is 0 Å². The number of carbonyl (C=O) groups is 1. The number of nitrogens with zero attached hydrogens (tertiary/aromatic N) is 4. The maximum atomic E-state index is 12.7. The Morgan fingerprint density at radius 3 is 2.12 bits per heavy atom. The van der Waals surface area contributed by atoms with Crippen molar-refractivity contribution < 1.29 is 4.79 Å². The summed E-state index contributed by atoms with van der Waals surface area (Å²) in [5.41, 5.74) is 2.62. The lowest BCUT2D eigenvalue weighted by Crippen LogP contribution is -2.49. The van der Waals surface area contributed by atoms with E-state index >= 15 is 0 Å². The molecule has 1 aromatic heterocycles. The van der Waals surface area contributed by atoms with Gasteiger partial charge in [-0.1, -0.05) is 91.3 Å². The minimum atomic E-state index is 0.00228. The van der Waals surface area contributed by atoms with Crippen molar-refractivity contribution in [1.29, 1.82) is 0 Å². The number of hydrogen-bond donors (Lipinski definition) is 1. The van der Waals surface area contributed by atoms with Crippen LogP contribution in [-0.2, 0) is 4.79 Å². The Kier molecular flexibility index (Phi) is 7.63. The fourth-order valence-electron chi connectivity index (χ4n) is 5.23. The second kappa shape index (κ2) is 11.2. The first kappa shape index (κ1) is 23.1. The molecule has 5 rings (SSSR count). The van der Waals surface area contributed by atoms with Crippen LogP contribution in [0.15, 0.2) is 60.7 Å². The monoisotopic (exact) mass is 475 g/mol. The zero-order valence-electron chi connectivity index (χ0n) is 19.6. The van der Waals surface area contributed by atoms with Gasteiger partial charge < -0.3 is 0 Å². The van der Waals surface area contributed by atoms with Gasteiger partial charge in [-0.25, -0.2) is 0 Å². The summed E-state index contributed by atoms with van der Waals surface area (Å²) in [7, 11) is 0. The standard InChI is InChI=1S/C27H33N5OS/c33-24(28-27-30-29-26(34-27)23-14-8-3-9-15-23)20-31-16-18-32(19-17-31)25(21-10-4-1-5-11-21)22-12-6-2-7-13-22/h1-2,4-7,10-13,23,25H,3,8-9,14-20H2,(H,28,30,33). The molecule has 1 N–H and O–H groups in total. The minimum absolute atomic E-state index is 0.00228. The quantitative estimate of drug-likeness (QED) is 0.525. The van der Waals surface area contributed by atoms with Crippen molar-refractivity contribution in [1.82, 2.24) is 20.0 Å². The summed E-state index contributed by atoms with van der Waals surface area (Å²) in [5, 5.41) is 13.3. The smallest absolute Gasteiger partial charge is 0.240 e. The molecule has 1 aliphatic carbocycles. The molecule has 0 atom stereocenters. The number of benzene rings is 2. The van der Waals surface area contributed by atoms with Gasteiger partial charge in [0.05, 0.1) is 12.6 Å². The van der Waals surface area contributed by atoms with Gasteiger partial charge in [0.1, 0.15) is 5.01 Å². The third-order valence-corrected chi connectivity index (χ3v) is 8.01. The van der Waals surface area contributed by atoms with E-state index in [0.717, 1.165) is 31.2 Å². The molecule has 1 aliphatic heterocycles. The molecule has 1 amide bonds. The van der Waals surface area contributed by atoms with Crippen LogP contribution < -0.4 is 5.32 Å². The Morgan fingerprint density at radius 2 is 1.50 bits per heavy atom. The predicted molar refractivity (Wildman–Crippen MR) is 137 cm³/mol. The summed E-state index contributed by atoms with van der Waals surface area (Å²) in [4.78, 5) is 17.5. The highest BCUT2D eigenvalue weighted by atomic mass is 32.1. The number of carbonyl (C=O) groups excluding carboxylic acids is 1. The summed E-state index contributed by atoms with van der Waals surface area (Å²) in [5.74, 6) is 0.523. The van der Waals surface area contributed by atoms with Crippen LogP contribution in [0.1, 0.15) is 60.2 Å². The number of aromatic nitrogens is 2. The van der Waals surface area contributed by atoms with Crippen LogP contribution >= 0.6 is 11.3 Å². The van der Waals surface area contributed by atoms with Crippen LogP contribution in [0.3, 0.4) is 0 Å². The first-order valence-corrected chi connectivity index (χ1v) is 13.3. The van der Waals surface area contributed by atoms with Crippen molar-refractivity contribution in [3.05, 3.63) is 76.8 Å². The third-order valence-electron chi connectivity index (χ3n) is 7.01. The van der Waals surface area contributed by atoms with Gasteiger partial charge in [0.25, 0.3) is 0 Å². The molecule has 34 heavy (non-hydrogen) atoms. The molecule has 2 heterocycles. The van der Waals surface area contributed by atoms with Gasteiger partial charge in [-0.05, 0) is 24.0 Å². The molecule has 6 nitrogen and oxygen atoms in total. The van der Waals surface area contributed by atoms with E-state index in [0.29, 0.717) is 17.6 Å². The Labute approximate surface area is 206 Å². The van der Waals surface area contributed by atoms with E-state index in [1.54, 1.807) is 11.3 Å². The van der Waals surface area contributed by atoms with E-state index in [1.165, 1.54) is 43.2 Å². The first-order valence-electron chi connectivity index (χ1n) is 12.5. The summed E-state index contributed by atoms with van der Waals surface area (Å²) < 4.78 is 0. The van der Waals surface area contributed by atoms with Gasteiger partial charge in [0.2, 0.25) is 11.0 Å². The van der Waals surface area contributed by atoms with E-state index in [1.807, 2.05) is 0 Å². The number of nitrogens with one attached hydrogen (secondary N) is 1. The van der Waals surface area contributed by atoms with E-state index in [4.69, 9.17) is 0 Å². The molecule has 0 unspecified atom stereocenters. The number of piperazine rings is 1. The normalized spacial score (nSPS) is 18.3. The lowest BCUT2D eigenvalue weighted by molar-refractivity contribution is -0.117. The molecule has 0 radical (unpaired) electrons. The van der Waals surface area contributed by atoms with Crippen molar-refractivity contribution in [2.75, 3.05) is 38.0 Å². The van der Waals surface area contributed by atoms with Gasteiger partial charge in [0, 0.05) is 32.1 Å². The highest BCUT2D eigenvalue weighted by Gasteiger charge is 2.27. The second-order valence-electron chi connectivity index (χ2n) is 9.36. The summed E-state index contributed by atoms with van der Waals surface area (Å²) in [6.45, 7) is 3.98. The number of rotatable bonds is 7. The van der Waals surface area contributed by atoms with Gasteiger partial charge in [-0.2, -0.15) is 0 Å². The van der Waals surface area contributed by atoms with Crippen LogP contribution in [0, 0.1) is 0 Å². The molecule has 3 aromatic rings. The maximum absolute atomic E-state index is 12.7. The van der Waals surface area contributed by atoms with Crippen LogP contribution in [0.5, 0.6) is 0 Å². The molecular weight excluding hydrogens is 442 g/mol. The van der Waals surface area contributed by atoms with Gasteiger partial charge >= 0.3 is 0 Å². The third kappa shape index (κ3) is 5.71. The summed E-state index contributed by atoms with van der Waals surface area (Å²) in [6.07, 6.45) is 6.25. The average Bonchev–Trinajstić information content (AvgIpc) is 3.35. The molecule has 2 aromatic carbocycles. The molecule has 0 bridgehead atoms. The number of hydrogen-bond acceptors (Lipinski definition) is 6. The van der Waals surface area contributed by atoms with Crippen molar-refractivity contribution in [2.45, 2.75) is 44.1 Å². The Morgan fingerprint density at radius 1 is 0.882 bits per heavy atom. The Bertz CT molecular complexity index is 1000. The molecule has 2 aliphatic rings. The predicted octanol–water partition coefficient (Wildman–Crippen LogP) is 4.93. The molecular formula is C27H33N5OS. The Balaban J connectivity index is 1.16. The second-order valence-corrected chi connectivity index (χ2v) is 10.4. The number of amides is 1. The molecule has 7 heteroatoms. The van der Waals surface area contributed by atoms with E-state index in [9.17, 15) is 4.79 Å². The largest absolute Gasteiger partial charge is 0.299 e. The SMILES string of the molecule is O=C(CN1CCN(C(c2ccccc2)c2ccccc2)CC1)Nc1nnc(C2CCCCC2)s1. The molecule has 178 valence electrons. The van der Waals surface area contributed by atoms with Gasteiger partial charge in [0.15, 0.2) is 0 Å². The van der Waals surface area contributed by atoms with Crippen molar-refractivity contribution >= 4 is 22.4 Å². The van der Waals surface area contributed by atoms with Gasteiger partial charge in [-0.3, -0.25) is 19.9 Å². The molecule has 1 saturated heterocycles. The molecule has 0 spiro atoms. The molecule has 2 fully saturated rings. The Hall–Kier alpha value is -2.61. The van der Waals surface area contributed by atoms with Crippen LogP contribution in [0.25, 0.3) is 0 Å². The van der Waals surface area contributed by atoms with Crippen molar-refractivity contribution in [2.24, 2.45) is 0 Å². The first-order chi connectivity index (χ1) is 16.8. The van der Waals surface area contributed by atoms with E-state index in [-0.39, 0.29) is 11.9 Å². The lowest BCUT2D eigenvalue weighted by Gasteiger charge is -2.39. The van der Waals surface area contributed by atoms with E-state index in [2.05, 4.69) is 86.0 Å². The zero-order valence-corrected chi connectivity index (χ0v) is 20.4. The number of anilines is 1. The molecule has 1 saturated carbocycles. The zero-order chi connectivity index (χ0) is 23.2. The highest BCUT2D eigenvalue weighted by Crippen LogP contribution is 2.35. The lowest BCUT2D eigenvalue weighted by atomic mass is 9.90. The van der Waals surface area contributed by atoms with E-state index < -0.39 is 0 Å². The summed E-state index contributed by atoms with van der Waals surface area (Å²) >= 11 is 1.55. The fourth-order valence-corrected chi connectivity index (χ4v) is 6.15. The van der Waals surface area contributed by atoms with Crippen LogP contribution in [0.4, 0.5) is 5.13 Å². The minimum Gasteiger partial charge on any atom is -0.299 e. The van der Waals surface area contributed by atoms with Crippen LogP contribution in [-0.4, -0.2) is 58.6 Å². The highest BCUT2D eigenvalue weighted by molar-refractivity contribution is 7.15. The fraction of sp³-hybridized carbons (Fsp3) is 0.444.